The van der Waals surface area contributed by atoms with Crippen LogP contribution in [-0.2, 0) is 21.4 Å². The molecule has 0 radical (unpaired) electrons. The lowest BCUT2D eigenvalue weighted by atomic mass is 10.0. The summed E-state index contributed by atoms with van der Waals surface area (Å²) < 4.78 is 57.8. The average Bonchev–Trinajstić information content (AvgIpc) is 2.79. The molecule has 2 aromatic rings. The number of carbonyl (C=O) groups excluding carboxylic acids is 1. The van der Waals surface area contributed by atoms with Crippen LogP contribution in [0.15, 0.2) is 54.2 Å². The van der Waals surface area contributed by atoms with Crippen LogP contribution in [0.2, 0.25) is 0 Å². The third-order valence-electron chi connectivity index (χ3n) is 6.13. The number of nitrogens with two attached hydrogens (primary N) is 1. The first-order valence-corrected chi connectivity index (χ1v) is 12.3. The van der Waals surface area contributed by atoms with E-state index in [-0.39, 0.29) is 35.8 Å². The van der Waals surface area contributed by atoms with Crippen LogP contribution >= 0.6 is 0 Å². The number of benzene rings is 2. The van der Waals surface area contributed by atoms with Gasteiger partial charge in [-0.15, -0.1) is 0 Å². The molecule has 3 N–H and O–H groups in total. The predicted molar refractivity (Wildman–Crippen MR) is 123 cm³/mol. The minimum Gasteiger partial charge on any atom is -0.404 e. The molecular formula is C24H29F2N3O3S. The lowest BCUT2D eigenvalue weighted by Crippen LogP contribution is -2.44. The normalized spacial score (nSPS) is 22.1. The van der Waals surface area contributed by atoms with E-state index in [4.69, 9.17) is 5.73 Å². The molecule has 1 aliphatic rings. The second-order valence-corrected chi connectivity index (χ2v) is 10.4. The van der Waals surface area contributed by atoms with E-state index in [1.54, 1.807) is 38.1 Å². The fourth-order valence-corrected chi connectivity index (χ4v) is 6.28. The summed E-state index contributed by atoms with van der Waals surface area (Å²) in [4.78, 5) is 10.9. The van der Waals surface area contributed by atoms with E-state index in [9.17, 15) is 22.0 Å². The van der Waals surface area contributed by atoms with Crippen molar-refractivity contribution in [2.24, 2.45) is 5.73 Å². The molecule has 1 saturated heterocycles. The Morgan fingerprint density at radius 1 is 1.21 bits per heavy atom. The number of halogens is 2. The van der Waals surface area contributed by atoms with Crippen molar-refractivity contribution in [1.29, 1.82) is 0 Å². The lowest BCUT2D eigenvalue weighted by Gasteiger charge is -2.37. The Bertz CT molecular complexity index is 1120. The highest BCUT2D eigenvalue weighted by Crippen LogP contribution is 2.38. The van der Waals surface area contributed by atoms with Crippen LogP contribution in [0.1, 0.15) is 54.7 Å². The quantitative estimate of drug-likeness (QED) is 0.447. The Hall–Kier alpha value is -2.62. The van der Waals surface area contributed by atoms with E-state index in [1.165, 1.54) is 4.31 Å². The number of rotatable bonds is 8. The third-order valence-corrected chi connectivity index (χ3v) is 8.50. The van der Waals surface area contributed by atoms with Gasteiger partial charge in [0, 0.05) is 48.1 Å². The van der Waals surface area contributed by atoms with Gasteiger partial charge in [0.15, 0.2) is 0 Å². The van der Waals surface area contributed by atoms with Crippen molar-refractivity contribution in [3.63, 3.8) is 0 Å². The molecule has 9 heteroatoms. The Kier molecular flexibility index (Phi) is 7.99. The monoisotopic (exact) mass is 477 g/mol. The average molecular weight is 478 g/mol. The Morgan fingerprint density at radius 2 is 1.91 bits per heavy atom. The molecule has 1 heterocycles. The van der Waals surface area contributed by atoms with Crippen molar-refractivity contribution in [3.05, 3.63) is 82.6 Å². The van der Waals surface area contributed by atoms with Gasteiger partial charge in [-0.05, 0) is 44.4 Å². The van der Waals surface area contributed by atoms with Gasteiger partial charge in [-0.1, -0.05) is 30.3 Å². The maximum Gasteiger partial charge on any atom is 0.221 e. The van der Waals surface area contributed by atoms with Crippen molar-refractivity contribution in [2.45, 2.75) is 50.6 Å². The van der Waals surface area contributed by atoms with Crippen LogP contribution in [0.5, 0.6) is 0 Å². The first-order chi connectivity index (χ1) is 15.7. The zero-order valence-corrected chi connectivity index (χ0v) is 19.5. The van der Waals surface area contributed by atoms with Gasteiger partial charge in [-0.3, -0.25) is 4.79 Å². The van der Waals surface area contributed by atoms with Crippen LogP contribution in [0, 0.1) is 11.6 Å². The van der Waals surface area contributed by atoms with Gasteiger partial charge in [-0.25, -0.2) is 17.2 Å². The Morgan fingerprint density at radius 3 is 2.55 bits per heavy atom. The van der Waals surface area contributed by atoms with Crippen LogP contribution in [0.4, 0.5) is 8.78 Å². The summed E-state index contributed by atoms with van der Waals surface area (Å²) in [6, 6.07) is 10.1. The number of nitrogens with zero attached hydrogens (tertiary/aromatic N) is 1. The molecule has 0 aliphatic carbocycles. The first kappa shape index (κ1) is 25.0. The van der Waals surface area contributed by atoms with Gasteiger partial charge in [0.25, 0.3) is 0 Å². The van der Waals surface area contributed by atoms with Gasteiger partial charge in [-0.2, -0.15) is 4.31 Å². The molecule has 1 unspecified atom stereocenters. The Labute approximate surface area is 193 Å². The molecule has 0 amide bonds. The predicted octanol–water partition coefficient (Wildman–Crippen LogP) is 3.71. The molecule has 6 nitrogen and oxygen atoms in total. The summed E-state index contributed by atoms with van der Waals surface area (Å²) in [6.45, 7) is 3.28. The van der Waals surface area contributed by atoms with Gasteiger partial charge in [0.05, 0.1) is 0 Å². The molecule has 0 aromatic heterocycles. The lowest BCUT2D eigenvalue weighted by molar-refractivity contribution is -0.105. The summed E-state index contributed by atoms with van der Waals surface area (Å²) in [6.07, 6.45) is 2.83. The van der Waals surface area contributed by atoms with Crippen LogP contribution in [-0.4, -0.2) is 31.6 Å². The van der Waals surface area contributed by atoms with Crippen LogP contribution < -0.4 is 11.1 Å². The van der Waals surface area contributed by atoms with E-state index < -0.39 is 32.9 Å². The highest BCUT2D eigenvalue weighted by molar-refractivity contribution is 7.89. The second kappa shape index (κ2) is 10.5. The van der Waals surface area contributed by atoms with E-state index in [0.717, 1.165) is 18.3 Å². The number of carbonyl (C=O) groups is 1. The highest BCUT2D eigenvalue weighted by Gasteiger charge is 2.40. The fraction of sp³-hybridized carbons (Fsp3) is 0.375. The summed E-state index contributed by atoms with van der Waals surface area (Å²) in [7, 11) is -3.76. The number of hydrogen-bond acceptors (Lipinski definition) is 5. The second-order valence-electron chi connectivity index (χ2n) is 8.34. The highest BCUT2D eigenvalue weighted by atomic mass is 32.2. The minimum absolute atomic E-state index is 0.0250. The molecule has 2 aromatic carbocycles. The van der Waals surface area contributed by atoms with E-state index in [0.29, 0.717) is 24.7 Å². The molecule has 3 atom stereocenters. The third kappa shape index (κ3) is 5.48. The maximum absolute atomic E-state index is 15.0. The zero-order valence-electron chi connectivity index (χ0n) is 18.7. The topological polar surface area (TPSA) is 92.5 Å². The summed E-state index contributed by atoms with van der Waals surface area (Å²) >= 11 is 0. The van der Waals surface area contributed by atoms with Gasteiger partial charge >= 0.3 is 0 Å². The molecular weight excluding hydrogens is 448 g/mol. The molecule has 0 saturated carbocycles. The van der Waals surface area contributed by atoms with E-state index in [2.05, 4.69) is 5.32 Å². The fourth-order valence-electron chi connectivity index (χ4n) is 4.10. The van der Waals surface area contributed by atoms with Gasteiger partial charge < -0.3 is 11.1 Å². The molecule has 0 spiro atoms. The molecule has 3 rings (SSSR count). The smallest absolute Gasteiger partial charge is 0.221 e. The maximum atomic E-state index is 15.0. The standard InChI is InChI=1S/C24H29F2N3O3S/c1-16-8-9-24(19-6-4-3-5-7-19)33(31,32)29(16)14-20-10-23(26)21(11-22(20)25)17(2)28-13-18(12-27)15-30/h3-7,10-12,15-17,24,28H,8-9,13-14,27H2,1-2H3/t16-,17?,24+/m0/s1. The van der Waals surface area contributed by atoms with E-state index in [1.807, 2.05) is 6.07 Å². The molecule has 178 valence electrons. The van der Waals surface area contributed by atoms with Gasteiger partial charge in [0.1, 0.15) is 23.2 Å². The number of nitrogens with one attached hydrogen (secondary N) is 1. The molecule has 1 fully saturated rings. The van der Waals surface area contributed by atoms with E-state index >= 15 is 0 Å². The summed E-state index contributed by atoms with van der Waals surface area (Å²) in [5.41, 5.74) is 6.36. The summed E-state index contributed by atoms with van der Waals surface area (Å²) in [5.74, 6) is -1.34. The largest absolute Gasteiger partial charge is 0.404 e. The zero-order chi connectivity index (χ0) is 24.2. The first-order valence-electron chi connectivity index (χ1n) is 10.8. The van der Waals surface area contributed by atoms with Crippen LogP contribution in [0.3, 0.4) is 0 Å². The van der Waals surface area contributed by atoms with Crippen molar-refractivity contribution >= 4 is 16.3 Å². The summed E-state index contributed by atoms with van der Waals surface area (Å²) in [5, 5.41) is 2.21. The van der Waals surface area contributed by atoms with Crippen LogP contribution in [0.25, 0.3) is 0 Å². The van der Waals surface area contributed by atoms with Crippen molar-refractivity contribution in [2.75, 3.05) is 6.54 Å². The number of sulfonamides is 1. The van der Waals surface area contributed by atoms with Crippen molar-refractivity contribution in [3.8, 4) is 0 Å². The molecule has 33 heavy (non-hydrogen) atoms. The number of aldehydes is 1. The molecule has 0 bridgehead atoms. The number of hydrogen-bond donors (Lipinski definition) is 2. The Balaban J connectivity index is 1.83. The molecule has 1 aliphatic heterocycles. The van der Waals surface area contributed by atoms with Gasteiger partial charge in [0.2, 0.25) is 10.0 Å². The van der Waals surface area contributed by atoms with Crippen molar-refractivity contribution in [1.82, 2.24) is 9.62 Å². The SMILES string of the molecule is CC(NCC(C=O)=CN)c1cc(F)c(CN2[C@@H](C)CC[C@H](c3ccccc3)S2(=O)=O)cc1F. The van der Waals surface area contributed by atoms with Crippen molar-refractivity contribution < 1.29 is 22.0 Å². The minimum atomic E-state index is -3.76.